The predicted octanol–water partition coefficient (Wildman–Crippen LogP) is 3.20. The van der Waals surface area contributed by atoms with Crippen LogP contribution in [0.15, 0.2) is 54.6 Å². The third-order valence-corrected chi connectivity index (χ3v) is 6.09. The van der Waals surface area contributed by atoms with Crippen LogP contribution in [0.1, 0.15) is 41.6 Å². The van der Waals surface area contributed by atoms with E-state index < -0.39 is 12.1 Å². The van der Waals surface area contributed by atoms with Crippen LogP contribution in [-0.4, -0.2) is 51.4 Å². The second-order valence-corrected chi connectivity index (χ2v) is 8.06. The van der Waals surface area contributed by atoms with E-state index in [4.69, 9.17) is 9.47 Å². The summed E-state index contributed by atoms with van der Waals surface area (Å²) in [6.45, 7) is 0.222. The largest absolute Gasteiger partial charge is 0.496 e. The molecule has 0 bridgehead atoms. The normalized spacial score (nSPS) is 19.8. The SMILES string of the molecule is COC(=O)CNC(=O)OC1CCC(CNC(=O)c2ccccc2OC)(c2ccccc2)CC1. The molecule has 8 heteroatoms. The molecule has 2 aromatic rings. The molecule has 0 unspecified atom stereocenters. The van der Waals surface area contributed by atoms with Gasteiger partial charge in [-0.15, -0.1) is 0 Å². The van der Waals surface area contributed by atoms with Crippen molar-refractivity contribution in [2.75, 3.05) is 27.3 Å². The smallest absolute Gasteiger partial charge is 0.407 e. The zero-order valence-electron chi connectivity index (χ0n) is 19.0. The Labute approximate surface area is 193 Å². The highest BCUT2D eigenvalue weighted by Crippen LogP contribution is 2.40. The molecule has 0 saturated heterocycles. The Morgan fingerprint density at radius 3 is 2.27 bits per heavy atom. The van der Waals surface area contributed by atoms with Crippen molar-refractivity contribution >= 4 is 18.0 Å². The van der Waals surface area contributed by atoms with E-state index in [1.807, 2.05) is 24.3 Å². The van der Waals surface area contributed by atoms with Crippen molar-refractivity contribution in [3.8, 4) is 5.75 Å². The second-order valence-electron chi connectivity index (χ2n) is 8.06. The van der Waals surface area contributed by atoms with Crippen LogP contribution in [0.3, 0.4) is 0 Å². The van der Waals surface area contributed by atoms with Crippen LogP contribution in [0.25, 0.3) is 0 Å². The number of alkyl carbamates (subject to hydrolysis) is 1. The molecule has 2 N–H and O–H groups in total. The zero-order chi connectivity index (χ0) is 23.7. The summed E-state index contributed by atoms with van der Waals surface area (Å²) in [4.78, 5) is 36.1. The highest BCUT2D eigenvalue weighted by Gasteiger charge is 2.38. The fourth-order valence-electron chi connectivity index (χ4n) is 4.21. The van der Waals surface area contributed by atoms with E-state index in [0.29, 0.717) is 30.7 Å². The third kappa shape index (κ3) is 6.25. The summed E-state index contributed by atoms with van der Waals surface area (Å²) in [6, 6.07) is 17.2. The number of methoxy groups -OCH3 is 2. The fourth-order valence-corrected chi connectivity index (χ4v) is 4.21. The monoisotopic (exact) mass is 454 g/mol. The number of benzene rings is 2. The molecule has 0 heterocycles. The van der Waals surface area contributed by atoms with E-state index >= 15 is 0 Å². The van der Waals surface area contributed by atoms with Gasteiger partial charge >= 0.3 is 12.1 Å². The lowest BCUT2D eigenvalue weighted by atomic mass is 9.68. The zero-order valence-corrected chi connectivity index (χ0v) is 19.0. The maximum Gasteiger partial charge on any atom is 0.407 e. The number of hydrogen-bond donors (Lipinski definition) is 2. The maximum atomic E-state index is 12.9. The summed E-state index contributed by atoms with van der Waals surface area (Å²) in [5, 5.41) is 5.48. The molecule has 2 aromatic carbocycles. The van der Waals surface area contributed by atoms with Gasteiger partial charge in [-0.1, -0.05) is 42.5 Å². The van der Waals surface area contributed by atoms with Crippen LogP contribution in [0.5, 0.6) is 5.75 Å². The lowest BCUT2D eigenvalue weighted by molar-refractivity contribution is -0.139. The highest BCUT2D eigenvalue weighted by atomic mass is 16.6. The van der Waals surface area contributed by atoms with Gasteiger partial charge in [-0.3, -0.25) is 9.59 Å². The summed E-state index contributed by atoms with van der Waals surface area (Å²) in [5.74, 6) is -0.202. The number of hydrogen-bond acceptors (Lipinski definition) is 6. The number of nitrogens with one attached hydrogen (secondary N) is 2. The lowest BCUT2D eigenvalue weighted by Crippen LogP contribution is -2.45. The molecule has 0 aromatic heterocycles. The van der Waals surface area contributed by atoms with Crippen LogP contribution in [-0.2, 0) is 19.7 Å². The molecule has 1 fully saturated rings. The Hall–Kier alpha value is -3.55. The van der Waals surface area contributed by atoms with E-state index in [2.05, 4.69) is 27.5 Å². The molecule has 0 radical (unpaired) electrons. The van der Waals surface area contributed by atoms with Gasteiger partial charge in [0.05, 0.1) is 19.8 Å². The van der Waals surface area contributed by atoms with Crippen LogP contribution in [0, 0.1) is 0 Å². The Kier molecular flexibility index (Phi) is 8.29. The summed E-state index contributed by atoms with van der Waals surface area (Å²) in [5.41, 5.74) is 1.35. The van der Waals surface area contributed by atoms with Crippen molar-refractivity contribution < 1.29 is 28.6 Å². The van der Waals surface area contributed by atoms with Crippen molar-refractivity contribution in [3.05, 3.63) is 65.7 Å². The molecule has 3 rings (SSSR count). The predicted molar refractivity (Wildman–Crippen MR) is 122 cm³/mol. The average molecular weight is 455 g/mol. The number of esters is 1. The number of ether oxygens (including phenoxy) is 3. The Balaban J connectivity index is 1.65. The van der Waals surface area contributed by atoms with Gasteiger partial charge in [-0.25, -0.2) is 4.79 Å². The maximum absolute atomic E-state index is 12.9. The van der Waals surface area contributed by atoms with Crippen molar-refractivity contribution in [1.82, 2.24) is 10.6 Å². The van der Waals surface area contributed by atoms with E-state index in [1.54, 1.807) is 25.3 Å². The minimum atomic E-state index is -0.637. The van der Waals surface area contributed by atoms with Gasteiger partial charge in [0.2, 0.25) is 0 Å². The molecule has 8 nitrogen and oxygen atoms in total. The fraction of sp³-hybridized carbons (Fsp3) is 0.400. The molecule has 176 valence electrons. The van der Waals surface area contributed by atoms with Gasteiger partial charge in [-0.05, 0) is 43.4 Å². The molecule has 1 aliphatic carbocycles. The van der Waals surface area contributed by atoms with Gasteiger partial charge < -0.3 is 24.8 Å². The first-order valence-corrected chi connectivity index (χ1v) is 11.0. The van der Waals surface area contributed by atoms with Crippen molar-refractivity contribution in [2.24, 2.45) is 0 Å². The van der Waals surface area contributed by atoms with E-state index in [0.717, 1.165) is 18.4 Å². The van der Waals surface area contributed by atoms with E-state index in [9.17, 15) is 14.4 Å². The molecular formula is C25H30N2O6. The van der Waals surface area contributed by atoms with Crippen LogP contribution in [0.2, 0.25) is 0 Å². The van der Waals surface area contributed by atoms with Crippen molar-refractivity contribution in [2.45, 2.75) is 37.2 Å². The van der Waals surface area contributed by atoms with Crippen LogP contribution in [0.4, 0.5) is 4.79 Å². The van der Waals surface area contributed by atoms with Gasteiger partial charge in [0.1, 0.15) is 18.4 Å². The minimum absolute atomic E-state index is 0.191. The van der Waals surface area contributed by atoms with Crippen molar-refractivity contribution in [1.29, 1.82) is 0 Å². The molecule has 0 aliphatic heterocycles. The molecule has 1 saturated carbocycles. The first-order chi connectivity index (χ1) is 16.0. The first-order valence-electron chi connectivity index (χ1n) is 11.0. The molecule has 1 aliphatic rings. The number of rotatable bonds is 8. The van der Waals surface area contributed by atoms with Crippen LogP contribution < -0.4 is 15.4 Å². The molecular weight excluding hydrogens is 424 g/mol. The molecule has 33 heavy (non-hydrogen) atoms. The second kappa shape index (κ2) is 11.4. The summed E-state index contributed by atoms with van der Waals surface area (Å²) >= 11 is 0. The standard InChI is InChI=1S/C25H30N2O6/c1-31-21-11-7-6-10-20(21)23(29)27-17-25(18-8-4-3-5-9-18)14-12-19(13-15-25)33-24(30)26-16-22(28)32-2/h3-11,19H,12-17H2,1-2H3,(H,26,30)(H,27,29). The molecule has 2 amide bonds. The minimum Gasteiger partial charge on any atom is -0.496 e. The number of amides is 2. The summed E-state index contributed by atoms with van der Waals surface area (Å²) in [6.07, 6.45) is 1.86. The number of para-hydroxylation sites is 1. The Bertz CT molecular complexity index is 954. The summed E-state index contributed by atoms with van der Waals surface area (Å²) in [7, 11) is 2.80. The highest BCUT2D eigenvalue weighted by molar-refractivity contribution is 5.97. The summed E-state index contributed by atoms with van der Waals surface area (Å²) < 4.78 is 15.3. The lowest BCUT2D eigenvalue weighted by Gasteiger charge is -2.40. The molecule has 0 spiro atoms. The van der Waals surface area contributed by atoms with E-state index in [-0.39, 0.29) is 24.0 Å². The van der Waals surface area contributed by atoms with Crippen LogP contribution >= 0.6 is 0 Å². The quantitative estimate of drug-likeness (QED) is 0.594. The van der Waals surface area contributed by atoms with Crippen molar-refractivity contribution in [3.63, 3.8) is 0 Å². The van der Waals surface area contributed by atoms with Gasteiger partial charge in [0.25, 0.3) is 5.91 Å². The Morgan fingerprint density at radius 2 is 1.61 bits per heavy atom. The number of carbonyl (C=O) groups excluding carboxylic acids is 3. The van der Waals surface area contributed by atoms with Gasteiger partial charge in [0.15, 0.2) is 0 Å². The number of carbonyl (C=O) groups is 3. The van der Waals surface area contributed by atoms with E-state index in [1.165, 1.54) is 7.11 Å². The topological polar surface area (TPSA) is 103 Å². The average Bonchev–Trinajstić information content (AvgIpc) is 2.87. The van der Waals surface area contributed by atoms with Gasteiger partial charge in [-0.2, -0.15) is 0 Å². The Morgan fingerprint density at radius 1 is 0.939 bits per heavy atom. The first kappa shape index (κ1) is 24.1. The van der Waals surface area contributed by atoms with Gasteiger partial charge in [0, 0.05) is 12.0 Å². The third-order valence-electron chi connectivity index (χ3n) is 6.09. The molecule has 0 atom stereocenters.